The van der Waals surface area contributed by atoms with Crippen LogP contribution in [0, 0.1) is 12.3 Å². The second kappa shape index (κ2) is 11.2. The van der Waals surface area contributed by atoms with Gasteiger partial charge in [-0.25, -0.2) is 4.79 Å². The zero-order valence-electron chi connectivity index (χ0n) is 21.4. The van der Waals surface area contributed by atoms with Gasteiger partial charge in [0.2, 0.25) is 11.8 Å². The molecule has 2 atom stereocenters. The van der Waals surface area contributed by atoms with Crippen LogP contribution in [0.3, 0.4) is 0 Å². The lowest BCUT2D eigenvalue weighted by atomic mass is 9.91. The molecule has 7 nitrogen and oxygen atoms in total. The van der Waals surface area contributed by atoms with Gasteiger partial charge in [0.15, 0.2) is 0 Å². The highest BCUT2D eigenvalue weighted by molar-refractivity contribution is 5.92. The maximum absolute atomic E-state index is 13.7. The molecule has 0 radical (unpaired) electrons. The molecule has 1 rings (SSSR count). The Morgan fingerprint density at radius 2 is 1.58 bits per heavy atom. The number of hydrogen-bond acceptors (Lipinski definition) is 4. The van der Waals surface area contributed by atoms with Crippen molar-refractivity contribution in [1.82, 2.24) is 15.5 Å². The lowest BCUT2D eigenvalue weighted by Crippen LogP contribution is -2.59. The standard InChI is InChI=1S/C26H39N3O4/c1-11-19-13-15-20(16-14-19)21(22(30)27-17(3)4)29(26(9,10)12-2)23(31)18(5)28-24(32)33-25(6,7)8/h1,13-18,21H,12H2,2-10H3,(H,27,30)(H,28,32). The molecule has 0 bridgehead atoms. The zero-order valence-corrected chi connectivity index (χ0v) is 21.4. The molecule has 0 fully saturated rings. The molecule has 3 amide bonds. The van der Waals surface area contributed by atoms with Crippen LogP contribution in [-0.4, -0.2) is 46.0 Å². The van der Waals surface area contributed by atoms with Gasteiger partial charge in [-0.3, -0.25) is 9.59 Å². The number of terminal acetylenes is 1. The SMILES string of the molecule is C#Cc1ccc(C(C(=O)NC(C)C)N(C(=O)C(C)NC(=O)OC(C)(C)C)C(C)(C)CC)cc1. The van der Waals surface area contributed by atoms with E-state index in [0.29, 0.717) is 17.5 Å². The minimum atomic E-state index is -0.912. The van der Waals surface area contributed by atoms with Crippen molar-refractivity contribution in [3.8, 4) is 12.3 Å². The van der Waals surface area contributed by atoms with Crippen molar-refractivity contribution in [2.24, 2.45) is 0 Å². The highest BCUT2D eigenvalue weighted by Crippen LogP contribution is 2.32. The number of nitrogens with one attached hydrogen (secondary N) is 2. The maximum atomic E-state index is 13.7. The van der Waals surface area contributed by atoms with Gasteiger partial charge < -0.3 is 20.3 Å². The smallest absolute Gasteiger partial charge is 0.408 e. The number of amides is 3. The Kier molecular flexibility index (Phi) is 9.53. The van der Waals surface area contributed by atoms with Gasteiger partial charge in [0.25, 0.3) is 0 Å². The second-order valence-electron chi connectivity index (χ2n) is 10.1. The van der Waals surface area contributed by atoms with Crippen molar-refractivity contribution < 1.29 is 19.1 Å². The average Bonchev–Trinajstić information content (AvgIpc) is 2.69. The van der Waals surface area contributed by atoms with Crippen LogP contribution in [0.2, 0.25) is 0 Å². The molecule has 0 heterocycles. The molecular formula is C26H39N3O4. The molecule has 7 heteroatoms. The van der Waals surface area contributed by atoms with Gasteiger partial charge in [-0.2, -0.15) is 0 Å². The first-order valence-electron chi connectivity index (χ1n) is 11.3. The molecule has 0 aliphatic rings. The largest absolute Gasteiger partial charge is 0.444 e. The van der Waals surface area contributed by atoms with Gasteiger partial charge in [-0.1, -0.05) is 25.0 Å². The Bertz CT molecular complexity index is 876. The fraction of sp³-hybridized carbons (Fsp3) is 0.577. The Morgan fingerprint density at radius 1 is 1.03 bits per heavy atom. The number of carbonyl (C=O) groups is 3. The predicted octanol–water partition coefficient (Wildman–Crippen LogP) is 4.16. The fourth-order valence-electron chi connectivity index (χ4n) is 3.24. The summed E-state index contributed by atoms with van der Waals surface area (Å²) in [6.07, 6.45) is 5.38. The molecule has 0 saturated heterocycles. The van der Waals surface area contributed by atoms with E-state index in [1.807, 2.05) is 34.6 Å². The van der Waals surface area contributed by atoms with Crippen LogP contribution in [0.4, 0.5) is 4.79 Å². The number of alkyl carbamates (subject to hydrolysis) is 1. The normalized spacial score (nSPS) is 13.5. The summed E-state index contributed by atoms with van der Waals surface area (Å²) >= 11 is 0. The highest BCUT2D eigenvalue weighted by Gasteiger charge is 2.42. The lowest BCUT2D eigenvalue weighted by molar-refractivity contribution is -0.149. The van der Waals surface area contributed by atoms with Crippen LogP contribution >= 0.6 is 0 Å². The first-order chi connectivity index (χ1) is 15.1. The van der Waals surface area contributed by atoms with E-state index in [1.165, 1.54) is 0 Å². The van der Waals surface area contributed by atoms with E-state index in [4.69, 9.17) is 11.2 Å². The van der Waals surface area contributed by atoms with Gasteiger partial charge in [0.1, 0.15) is 17.7 Å². The Labute approximate surface area is 198 Å². The van der Waals surface area contributed by atoms with E-state index in [9.17, 15) is 14.4 Å². The van der Waals surface area contributed by atoms with Gasteiger partial charge in [-0.15, -0.1) is 6.42 Å². The number of rotatable bonds is 8. The van der Waals surface area contributed by atoms with Crippen LogP contribution in [0.1, 0.15) is 85.9 Å². The maximum Gasteiger partial charge on any atom is 0.408 e. The summed E-state index contributed by atoms with van der Waals surface area (Å²) in [6.45, 7) is 16.3. The molecule has 33 heavy (non-hydrogen) atoms. The number of hydrogen-bond donors (Lipinski definition) is 2. The zero-order chi connectivity index (χ0) is 25.6. The van der Waals surface area contributed by atoms with Crippen LogP contribution < -0.4 is 10.6 Å². The highest BCUT2D eigenvalue weighted by atomic mass is 16.6. The Hall–Kier alpha value is -3.01. The molecular weight excluding hydrogens is 418 g/mol. The molecule has 2 N–H and O–H groups in total. The fourth-order valence-corrected chi connectivity index (χ4v) is 3.24. The first kappa shape index (κ1) is 28.0. The van der Waals surface area contributed by atoms with Crippen molar-refractivity contribution in [1.29, 1.82) is 0 Å². The summed E-state index contributed by atoms with van der Waals surface area (Å²) < 4.78 is 5.30. The monoisotopic (exact) mass is 457 g/mol. The molecule has 0 aromatic heterocycles. The van der Waals surface area contributed by atoms with Gasteiger partial charge in [-0.05, 0) is 79.5 Å². The third-order valence-corrected chi connectivity index (χ3v) is 5.19. The molecule has 0 aliphatic heterocycles. The number of nitrogens with zero attached hydrogens (tertiary/aromatic N) is 1. The van der Waals surface area contributed by atoms with Crippen LogP contribution in [0.5, 0.6) is 0 Å². The molecule has 0 spiro atoms. The van der Waals surface area contributed by atoms with E-state index >= 15 is 0 Å². The summed E-state index contributed by atoms with van der Waals surface area (Å²) in [4.78, 5) is 41.0. The summed E-state index contributed by atoms with van der Waals surface area (Å²) in [6, 6.07) is 5.07. The predicted molar refractivity (Wildman–Crippen MR) is 130 cm³/mol. The quantitative estimate of drug-likeness (QED) is 0.574. The van der Waals surface area contributed by atoms with E-state index < -0.39 is 35.2 Å². The Morgan fingerprint density at radius 3 is 2.00 bits per heavy atom. The summed E-state index contributed by atoms with van der Waals surface area (Å²) in [5.41, 5.74) is -0.0841. The van der Waals surface area contributed by atoms with Crippen molar-refractivity contribution in [3.05, 3.63) is 35.4 Å². The summed E-state index contributed by atoms with van der Waals surface area (Å²) in [5.74, 6) is 1.87. The van der Waals surface area contributed by atoms with Crippen molar-refractivity contribution in [2.45, 2.75) is 98.0 Å². The van der Waals surface area contributed by atoms with E-state index in [1.54, 1.807) is 56.9 Å². The van der Waals surface area contributed by atoms with Crippen molar-refractivity contribution in [3.63, 3.8) is 0 Å². The van der Waals surface area contributed by atoms with Crippen LogP contribution in [0.25, 0.3) is 0 Å². The number of carbonyl (C=O) groups excluding carboxylic acids is 3. The van der Waals surface area contributed by atoms with Gasteiger partial charge in [0, 0.05) is 17.1 Å². The first-order valence-corrected chi connectivity index (χ1v) is 11.3. The molecule has 0 saturated carbocycles. The number of benzene rings is 1. The number of ether oxygens (including phenoxy) is 1. The van der Waals surface area contributed by atoms with Gasteiger partial charge in [0.05, 0.1) is 0 Å². The molecule has 182 valence electrons. The van der Waals surface area contributed by atoms with Gasteiger partial charge >= 0.3 is 6.09 Å². The third-order valence-electron chi connectivity index (χ3n) is 5.19. The van der Waals surface area contributed by atoms with Crippen LogP contribution in [-0.2, 0) is 14.3 Å². The van der Waals surface area contributed by atoms with Crippen molar-refractivity contribution >= 4 is 17.9 Å². The van der Waals surface area contributed by atoms with E-state index in [2.05, 4.69) is 16.6 Å². The molecule has 2 unspecified atom stereocenters. The molecule has 1 aromatic rings. The molecule has 0 aliphatic carbocycles. The minimum Gasteiger partial charge on any atom is -0.444 e. The average molecular weight is 458 g/mol. The van der Waals surface area contributed by atoms with E-state index in [0.717, 1.165) is 0 Å². The van der Waals surface area contributed by atoms with Crippen molar-refractivity contribution in [2.75, 3.05) is 0 Å². The topological polar surface area (TPSA) is 87.7 Å². The Balaban J connectivity index is 3.47. The third kappa shape index (κ3) is 8.12. The van der Waals surface area contributed by atoms with E-state index in [-0.39, 0.29) is 11.9 Å². The molecule has 1 aromatic carbocycles. The summed E-state index contributed by atoms with van der Waals surface area (Å²) in [5, 5.41) is 5.53. The summed E-state index contributed by atoms with van der Waals surface area (Å²) in [7, 11) is 0. The minimum absolute atomic E-state index is 0.121. The van der Waals surface area contributed by atoms with Crippen LogP contribution in [0.15, 0.2) is 24.3 Å². The lowest BCUT2D eigenvalue weighted by Gasteiger charge is -2.44. The second-order valence-corrected chi connectivity index (χ2v) is 10.1.